The Balaban J connectivity index is 1.32. The zero-order valence-corrected chi connectivity index (χ0v) is 15.3. The fourth-order valence-electron chi connectivity index (χ4n) is 4.40. The van der Waals surface area contributed by atoms with E-state index in [0.29, 0.717) is 12.0 Å². The molecule has 0 atom stereocenters. The maximum absolute atomic E-state index is 14.1. The van der Waals surface area contributed by atoms with E-state index in [-0.39, 0.29) is 11.6 Å². The molecule has 2 radical (unpaired) electrons. The maximum Gasteiger partial charge on any atom is 0.415 e. The lowest BCUT2D eigenvalue weighted by molar-refractivity contribution is 0.0208. The van der Waals surface area contributed by atoms with Gasteiger partial charge in [-0.25, -0.2) is 14.2 Å². The summed E-state index contributed by atoms with van der Waals surface area (Å²) in [5.74, 6) is 0.818. The van der Waals surface area contributed by atoms with E-state index < -0.39 is 17.5 Å². The molecule has 1 saturated carbocycles. The van der Waals surface area contributed by atoms with E-state index in [1.807, 2.05) is 18.2 Å². The fourth-order valence-corrected chi connectivity index (χ4v) is 4.40. The van der Waals surface area contributed by atoms with E-state index in [0.717, 1.165) is 42.5 Å². The largest absolute Gasteiger partial charge is 0.441 e. The van der Waals surface area contributed by atoms with Crippen molar-refractivity contribution in [2.24, 2.45) is 0 Å². The number of benzene rings is 2. The van der Waals surface area contributed by atoms with Crippen LogP contribution in [-0.2, 0) is 4.74 Å². The number of amides is 1. The average molecular weight is 375 g/mol. The van der Waals surface area contributed by atoms with E-state index >= 15 is 0 Å². The Morgan fingerprint density at radius 3 is 2.79 bits per heavy atom. The molecule has 1 spiro atoms. The van der Waals surface area contributed by atoms with E-state index in [9.17, 15) is 9.18 Å². The van der Waals surface area contributed by atoms with Gasteiger partial charge in [-0.05, 0) is 49.9 Å². The third-order valence-corrected chi connectivity index (χ3v) is 5.92. The number of aromatic amines is 1. The maximum atomic E-state index is 14.1. The van der Waals surface area contributed by atoms with E-state index in [1.165, 1.54) is 11.0 Å². The van der Waals surface area contributed by atoms with Gasteiger partial charge in [-0.1, -0.05) is 23.7 Å². The first kappa shape index (κ1) is 17.3. The molecule has 5 nitrogen and oxygen atoms in total. The summed E-state index contributed by atoms with van der Waals surface area (Å²) in [6.07, 6.45) is 2.70. The van der Waals surface area contributed by atoms with Crippen LogP contribution in [0.5, 0.6) is 0 Å². The number of carbonyl (C=O) groups excluding carboxylic acids is 1. The molecule has 0 bridgehead atoms. The Morgan fingerprint density at radius 2 is 2.00 bits per heavy atom. The normalized spacial score (nSPS) is 24.8. The van der Waals surface area contributed by atoms with Gasteiger partial charge in [0.2, 0.25) is 0 Å². The number of anilines is 1. The molecule has 1 aliphatic carbocycles. The number of para-hydroxylation sites is 1. The number of hydrogen-bond acceptors (Lipinski definition) is 3. The van der Waals surface area contributed by atoms with Gasteiger partial charge in [0.05, 0.1) is 23.3 Å². The summed E-state index contributed by atoms with van der Waals surface area (Å²) in [7, 11) is 5.85. The minimum absolute atomic E-state index is 0.278. The SMILES string of the molecule is [B]c1ccc2nc(C3CCC4(CC3)CN(c3ccccc3F)C(=O)O4)[nH]c2c1. The molecule has 2 heterocycles. The van der Waals surface area contributed by atoms with Gasteiger partial charge in [-0.2, -0.15) is 0 Å². The van der Waals surface area contributed by atoms with Gasteiger partial charge in [0, 0.05) is 5.92 Å². The van der Waals surface area contributed by atoms with Gasteiger partial charge in [-0.3, -0.25) is 4.90 Å². The number of halogens is 1. The van der Waals surface area contributed by atoms with Gasteiger partial charge >= 0.3 is 6.09 Å². The lowest BCUT2D eigenvalue weighted by Crippen LogP contribution is -2.38. The minimum atomic E-state index is -0.549. The highest BCUT2D eigenvalue weighted by Gasteiger charge is 2.48. The van der Waals surface area contributed by atoms with E-state index in [4.69, 9.17) is 17.6 Å². The number of fused-ring (bicyclic) bond motifs is 1. The van der Waals surface area contributed by atoms with Crippen molar-refractivity contribution < 1.29 is 13.9 Å². The first-order valence-corrected chi connectivity index (χ1v) is 9.53. The summed E-state index contributed by atoms with van der Waals surface area (Å²) in [4.78, 5) is 21.9. The van der Waals surface area contributed by atoms with Crippen molar-refractivity contribution in [3.8, 4) is 0 Å². The predicted octanol–water partition coefficient (Wildman–Crippen LogP) is 3.55. The number of aromatic nitrogens is 2. The van der Waals surface area contributed by atoms with Gasteiger partial charge in [0.15, 0.2) is 0 Å². The van der Waals surface area contributed by atoms with Crippen molar-refractivity contribution in [1.29, 1.82) is 0 Å². The van der Waals surface area contributed by atoms with Crippen molar-refractivity contribution in [1.82, 2.24) is 9.97 Å². The van der Waals surface area contributed by atoms with E-state index in [2.05, 4.69) is 4.98 Å². The Morgan fingerprint density at radius 1 is 1.21 bits per heavy atom. The second kappa shape index (κ2) is 6.36. The van der Waals surface area contributed by atoms with Crippen molar-refractivity contribution in [2.75, 3.05) is 11.4 Å². The molecule has 28 heavy (non-hydrogen) atoms. The molecule has 3 aromatic rings. The van der Waals surface area contributed by atoms with Crippen LogP contribution in [0.15, 0.2) is 42.5 Å². The molecule has 5 rings (SSSR count). The standard InChI is InChI=1S/C21H19BFN3O2/c22-14-5-6-16-17(11-14)25-19(24-16)13-7-9-21(10-8-13)12-26(20(27)28-21)18-4-2-1-3-15(18)23/h1-6,11,13H,7-10,12H2,(H,24,25). The molecule has 1 N–H and O–H groups in total. The number of carbonyl (C=O) groups is 1. The summed E-state index contributed by atoms with van der Waals surface area (Å²) < 4.78 is 19.9. The molecular formula is C21H19BFN3O2. The third kappa shape index (κ3) is 2.86. The predicted molar refractivity (Wildman–Crippen MR) is 106 cm³/mol. The summed E-state index contributed by atoms with van der Waals surface area (Å²) >= 11 is 0. The van der Waals surface area contributed by atoms with Crippen LogP contribution in [0.25, 0.3) is 11.0 Å². The average Bonchev–Trinajstić information content (AvgIpc) is 3.23. The molecule has 1 amide bonds. The van der Waals surface area contributed by atoms with Gasteiger partial charge < -0.3 is 9.72 Å². The summed E-state index contributed by atoms with van der Waals surface area (Å²) in [5.41, 5.74) is 2.28. The van der Waals surface area contributed by atoms with Crippen LogP contribution in [0.1, 0.15) is 37.4 Å². The zero-order chi connectivity index (χ0) is 19.3. The number of imidazole rings is 1. The second-order valence-electron chi connectivity index (χ2n) is 7.76. The first-order valence-electron chi connectivity index (χ1n) is 9.53. The van der Waals surface area contributed by atoms with Crippen LogP contribution < -0.4 is 10.4 Å². The van der Waals surface area contributed by atoms with Crippen LogP contribution >= 0.6 is 0 Å². The molecule has 0 unspecified atom stereocenters. The Kier molecular flexibility index (Phi) is 3.93. The number of ether oxygens (including phenoxy) is 1. The summed E-state index contributed by atoms with van der Waals surface area (Å²) in [6.45, 7) is 0.385. The molecular weight excluding hydrogens is 356 g/mol. The smallest absolute Gasteiger partial charge is 0.415 e. The number of rotatable bonds is 2. The minimum Gasteiger partial charge on any atom is -0.441 e. The first-order chi connectivity index (χ1) is 13.5. The highest BCUT2D eigenvalue weighted by atomic mass is 19.1. The van der Waals surface area contributed by atoms with Crippen LogP contribution in [0, 0.1) is 5.82 Å². The van der Waals surface area contributed by atoms with Crippen molar-refractivity contribution >= 4 is 36.1 Å². The lowest BCUT2D eigenvalue weighted by atomic mass is 9.78. The number of H-pyrrole nitrogens is 1. The van der Waals surface area contributed by atoms with Crippen molar-refractivity contribution in [2.45, 2.75) is 37.2 Å². The molecule has 7 heteroatoms. The van der Waals surface area contributed by atoms with Crippen molar-refractivity contribution in [3.05, 3.63) is 54.1 Å². The second-order valence-corrected chi connectivity index (χ2v) is 7.76. The number of hydrogen-bond donors (Lipinski definition) is 1. The molecule has 140 valence electrons. The van der Waals surface area contributed by atoms with Crippen LogP contribution in [0.2, 0.25) is 0 Å². The topological polar surface area (TPSA) is 58.2 Å². The molecule has 2 fully saturated rings. The monoisotopic (exact) mass is 375 g/mol. The van der Waals surface area contributed by atoms with Crippen molar-refractivity contribution in [3.63, 3.8) is 0 Å². The summed E-state index contributed by atoms with van der Waals surface area (Å²) in [5, 5.41) is 0. The lowest BCUT2D eigenvalue weighted by Gasteiger charge is -2.34. The highest BCUT2D eigenvalue weighted by molar-refractivity contribution is 6.33. The Hall–Kier alpha value is -2.83. The molecule has 2 aromatic carbocycles. The number of nitrogens with zero attached hydrogens (tertiary/aromatic N) is 2. The molecule has 1 aliphatic heterocycles. The van der Waals surface area contributed by atoms with Gasteiger partial charge in [-0.15, -0.1) is 0 Å². The van der Waals surface area contributed by atoms with Crippen LogP contribution in [0.4, 0.5) is 14.9 Å². The molecule has 1 aromatic heterocycles. The Bertz CT molecular complexity index is 1060. The molecule has 1 saturated heterocycles. The number of nitrogens with one attached hydrogen (secondary N) is 1. The molecule has 2 aliphatic rings. The third-order valence-electron chi connectivity index (χ3n) is 5.92. The zero-order valence-electron chi connectivity index (χ0n) is 15.3. The van der Waals surface area contributed by atoms with E-state index in [1.54, 1.807) is 18.2 Å². The summed E-state index contributed by atoms with van der Waals surface area (Å²) in [6, 6.07) is 12.0. The van der Waals surface area contributed by atoms with Crippen LogP contribution in [-0.4, -0.2) is 36.1 Å². The quantitative estimate of drug-likeness (QED) is 0.697. The highest BCUT2D eigenvalue weighted by Crippen LogP contribution is 2.43. The van der Waals surface area contributed by atoms with Gasteiger partial charge in [0.1, 0.15) is 25.1 Å². The Labute approximate surface area is 163 Å². The van der Waals surface area contributed by atoms with Gasteiger partial charge in [0.25, 0.3) is 0 Å². The van der Waals surface area contributed by atoms with Crippen LogP contribution in [0.3, 0.4) is 0 Å². The fraction of sp³-hybridized carbons (Fsp3) is 0.333.